The van der Waals surface area contributed by atoms with E-state index in [1.165, 1.54) is 0 Å². The fourth-order valence-corrected chi connectivity index (χ4v) is 1.65. The van der Waals surface area contributed by atoms with Crippen LogP contribution < -0.4 is 11.1 Å². The van der Waals surface area contributed by atoms with E-state index in [-0.39, 0.29) is 11.3 Å². The summed E-state index contributed by atoms with van der Waals surface area (Å²) in [4.78, 5) is 0. The number of nitrogens with one attached hydrogen (secondary N) is 1. The van der Waals surface area contributed by atoms with Crippen molar-refractivity contribution in [1.82, 2.24) is 5.32 Å². The summed E-state index contributed by atoms with van der Waals surface area (Å²) in [6.45, 7) is 4.91. The van der Waals surface area contributed by atoms with Gasteiger partial charge in [0.1, 0.15) is 5.84 Å². The molecule has 0 heterocycles. The van der Waals surface area contributed by atoms with Gasteiger partial charge in [-0.05, 0) is 32.1 Å². The maximum atomic E-state index is 9.51. The van der Waals surface area contributed by atoms with Crippen molar-refractivity contribution < 1.29 is 10.3 Å². The van der Waals surface area contributed by atoms with Crippen LogP contribution in [0.3, 0.4) is 0 Å². The van der Waals surface area contributed by atoms with Gasteiger partial charge in [0.2, 0.25) is 0 Å². The number of nitrogens with two attached hydrogens (primary N) is 1. The third-order valence-corrected chi connectivity index (χ3v) is 2.70. The molecule has 0 unspecified atom stereocenters. The largest absolute Gasteiger partial charge is 0.409 e. The number of amidine groups is 1. The molecule has 5 heteroatoms. The Hall–Kier alpha value is -0.810. The average molecular weight is 215 g/mol. The number of hydrogen-bond acceptors (Lipinski definition) is 4. The topological polar surface area (TPSA) is 90.9 Å². The van der Waals surface area contributed by atoms with Crippen LogP contribution in [0.1, 0.15) is 33.1 Å². The zero-order valence-electron chi connectivity index (χ0n) is 9.45. The molecule has 0 saturated heterocycles. The number of rotatable bonds is 6. The van der Waals surface area contributed by atoms with Gasteiger partial charge in [-0.3, -0.25) is 0 Å². The molecule has 88 valence electrons. The van der Waals surface area contributed by atoms with E-state index < -0.39 is 5.60 Å². The van der Waals surface area contributed by atoms with Crippen molar-refractivity contribution >= 4 is 5.84 Å². The Kier molecular flexibility index (Phi) is 3.57. The Morgan fingerprint density at radius 1 is 1.53 bits per heavy atom. The molecule has 0 aromatic carbocycles. The Morgan fingerprint density at radius 3 is 2.53 bits per heavy atom. The van der Waals surface area contributed by atoms with Crippen LogP contribution >= 0.6 is 0 Å². The molecule has 1 aliphatic rings. The van der Waals surface area contributed by atoms with E-state index >= 15 is 0 Å². The SMILES string of the molecule is CC(C)(O)CNCC1(CC(N)=NO)CC1. The van der Waals surface area contributed by atoms with Crippen LogP contribution in [-0.2, 0) is 0 Å². The molecular formula is C10H21N3O2. The first-order chi connectivity index (χ1) is 6.87. The quantitative estimate of drug-likeness (QED) is 0.221. The molecule has 5 nitrogen and oxygen atoms in total. The van der Waals surface area contributed by atoms with Crippen molar-refractivity contribution in [2.75, 3.05) is 13.1 Å². The molecular weight excluding hydrogens is 194 g/mol. The fraction of sp³-hybridized carbons (Fsp3) is 0.900. The molecule has 0 aromatic rings. The Morgan fingerprint density at radius 2 is 2.13 bits per heavy atom. The zero-order valence-corrected chi connectivity index (χ0v) is 9.45. The number of aliphatic hydroxyl groups is 1. The van der Waals surface area contributed by atoms with Crippen LogP contribution in [0.15, 0.2) is 5.16 Å². The monoisotopic (exact) mass is 215 g/mol. The van der Waals surface area contributed by atoms with Gasteiger partial charge in [0, 0.05) is 19.5 Å². The average Bonchev–Trinajstić information content (AvgIpc) is 2.83. The minimum atomic E-state index is -0.688. The second kappa shape index (κ2) is 4.37. The first-order valence-corrected chi connectivity index (χ1v) is 5.26. The van der Waals surface area contributed by atoms with Crippen molar-refractivity contribution in [3.8, 4) is 0 Å². The standard InChI is InChI=1S/C10H21N3O2/c1-9(2,14)6-12-7-10(3-4-10)5-8(11)13-15/h12,14-15H,3-7H2,1-2H3,(H2,11,13). The van der Waals surface area contributed by atoms with Crippen LogP contribution in [0, 0.1) is 5.41 Å². The van der Waals surface area contributed by atoms with E-state index in [9.17, 15) is 5.11 Å². The maximum Gasteiger partial charge on any atom is 0.139 e. The van der Waals surface area contributed by atoms with Gasteiger partial charge in [0.05, 0.1) is 5.60 Å². The lowest BCUT2D eigenvalue weighted by molar-refractivity contribution is 0.0784. The second-order valence-corrected chi connectivity index (χ2v) is 5.18. The van der Waals surface area contributed by atoms with Crippen molar-refractivity contribution in [2.24, 2.45) is 16.3 Å². The highest BCUT2D eigenvalue weighted by Gasteiger charge is 2.43. The molecule has 0 aliphatic heterocycles. The van der Waals surface area contributed by atoms with Crippen LogP contribution in [0.2, 0.25) is 0 Å². The predicted octanol–water partition coefficient (Wildman–Crippen LogP) is 0.264. The van der Waals surface area contributed by atoms with E-state index in [0.717, 1.165) is 19.4 Å². The van der Waals surface area contributed by atoms with Crippen molar-refractivity contribution in [3.05, 3.63) is 0 Å². The molecule has 0 amide bonds. The van der Waals surface area contributed by atoms with Gasteiger partial charge in [-0.25, -0.2) is 0 Å². The second-order valence-electron chi connectivity index (χ2n) is 5.18. The molecule has 5 N–H and O–H groups in total. The first kappa shape index (κ1) is 12.3. The Labute approximate surface area is 90.3 Å². The van der Waals surface area contributed by atoms with Gasteiger partial charge in [-0.1, -0.05) is 5.16 Å². The van der Waals surface area contributed by atoms with E-state index in [1.807, 2.05) is 0 Å². The summed E-state index contributed by atoms with van der Waals surface area (Å²) in [7, 11) is 0. The summed E-state index contributed by atoms with van der Waals surface area (Å²) in [6, 6.07) is 0. The molecule has 0 aromatic heterocycles. The van der Waals surface area contributed by atoms with Crippen molar-refractivity contribution in [2.45, 2.75) is 38.7 Å². The summed E-state index contributed by atoms with van der Waals surface area (Å²) < 4.78 is 0. The van der Waals surface area contributed by atoms with Gasteiger partial charge in [-0.15, -0.1) is 0 Å². The lowest BCUT2D eigenvalue weighted by Crippen LogP contribution is -2.38. The number of oxime groups is 1. The molecule has 15 heavy (non-hydrogen) atoms. The van der Waals surface area contributed by atoms with Gasteiger partial charge < -0.3 is 21.4 Å². The van der Waals surface area contributed by atoms with E-state index in [2.05, 4.69) is 10.5 Å². The fourth-order valence-electron chi connectivity index (χ4n) is 1.65. The van der Waals surface area contributed by atoms with Gasteiger partial charge in [0.15, 0.2) is 0 Å². The van der Waals surface area contributed by atoms with Gasteiger partial charge >= 0.3 is 0 Å². The maximum absolute atomic E-state index is 9.51. The van der Waals surface area contributed by atoms with E-state index in [0.29, 0.717) is 13.0 Å². The molecule has 0 bridgehead atoms. The molecule has 0 spiro atoms. The van der Waals surface area contributed by atoms with Crippen LogP contribution in [0.25, 0.3) is 0 Å². The molecule has 1 saturated carbocycles. The van der Waals surface area contributed by atoms with E-state index in [1.54, 1.807) is 13.8 Å². The molecule has 1 rings (SSSR count). The normalized spacial score (nSPS) is 20.3. The Bertz CT molecular complexity index is 242. The number of nitrogens with zero attached hydrogens (tertiary/aromatic N) is 1. The highest BCUT2D eigenvalue weighted by Crippen LogP contribution is 2.48. The highest BCUT2D eigenvalue weighted by atomic mass is 16.4. The number of hydrogen-bond donors (Lipinski definition) is 4. The summed E-state index contributed by atoms with van der Waals surface area (Å²) in [5.41, 5.74) is 4.95. The van der Waals surface area contributed by atoms with Gasteiger partial charge in [-0.2, -0.15) is 0 Å². The molecule has 1 aliphatic carbocycles. The summed E-state index contributed by atoms with van der Waals surface area (Å²) in [6.07, 6.45) is 2.83. The van der Waals surface area contributed by atoms with Gasteiger partial charge in [0.25, 0.3) is 0 Å². The smallest absolute Gasteiger partial charge is 0.139 e. The van der Waals surface area contributed by atoms with Crippen molar-refractivity contribution in [1.29, 1.82) is 0 Å². The summed E-state index contributed by atoms with van der Waals surface area (Å²) in [5.74, 6) is 0.289. The highest BCUT2D eigenvalue weighted by molar-refractivity contribution is 5.80. The minimum Gasteiger partial charge on any atom is -0.409 e. The summed E-state index contributed by atoms with van der Waals surface area (Å²) >= 11 is 0. The zero-order chi connectivity index (χ0) is 11.5. The van der Waals surface area contributed by atoms with E-state index in [4.69, 9.17) is 10.9 Å². The van der Waals surface area contributed by atoms with Crippen molar-refractivity contribution in [3.63, 3.8) is 0 Å². The molecule has 1 fully saturated rings. The third-order valence-electron chi connectivity index (χ3n) is 2.70. The van der Waals surface area contributed by atoms with Crippen LogP contribution in [0.5, 0.6) is 0 Å². The lowest BCUT2D eigenvalue weighted by Gasteiger charge is -2.21. The van der Waals surface area contributed by atoms with Crippen LogP contribution in [-0.4, -0.2) is 34.8 Å². The molecule has 0 radical (unpaired) electrons. The lowest BCUT2D eigenvalue weighted by atomic mass is 10.0. The minimum absolute atomic E-state index is 0.154. The summed E-state index contributed by atoms with van der Waals surface area (Å²) in [5, 5.41) is 24.2. The van der Waals surface area contributed by atoms with Crippen LogP contribution in [0.4, 0.5) is 0 Å². The molecule has 0 atom stereocenters. The predicted molar refractivity (Wildman–Crippen MR) is 58.9 cm³/mol. The Balaban J connectivity index is 2.26. The third kappa shape index (κ3) is 4.48. The first-order valence-electron chi connectivity index (χ1n) is 5.26.